The minimum Gasteiger partial charge on any atom is -0.349 e. The van der Waals surface area contributed by atoms with Crippen molar-refractivity contribution in [3.63, 3.8) is 0 Å². The van der Waals surface area contributed by atoms with Crippen LogP contribution in [-0.4, -0.2) is 28.5 Å². The Kier molecular flexibility index (Phi) is 8.94. The van der Waals surface area contributed by atoms with Crippen LogP contribution in [0.3, 0.4) is 0 Å². The number of aryl methyl sites for hydroxylation is 1. The zero-order chi connectivity index (χ0) is 13.8. The molecule has 2 rings (SSSR count). The van der Waals surface area contributed by atoms with Crippen LogP contribution in [0.2, 0.25) is 0 Å². The van der Waals surface area contributed by atoms with Gasteiger partial charge >= 0.3 is 0 Å². The second kappa shape index (κ2) is 9.28. The van der Waals surface area contributed by atoms with Crippen LogP contribution in [-0.2, 0) is 18.4 Å². The minimum atomic E-state index is 0. The van der Waals surface area contributed by atoms with Gasteiger partial charge < -0.3 is 15.2 Å². The SMILES string of the molecule is Cc1nc(CNC(=O)C2CCCNCC2)n(C)c1C.Cl.Cl. The molecule has 1 fully saturated rings. The molecule has 2 N–H and O–H groups in total. The number of carbonyl (C=O) groups excluding carboxylic acids is 1. The Labute approximate surface area is 139 Å². The van der Waals surface area contributed by atoms with E-state index >= 15 is 0 Å². The molecule has 2 heterocycles. The van der Waals surface area contributed by atoms with Crippen molar-refractivity contribution in [1.29, 1.82) is 0 Å². The molecule has 1 aromatic heterocycles. The highest BCUT2D eigenvalue weighted by Crippen LogP contribution is 2.14. The summed E-state index contributed by atoms with van der Waals surface area (Å²) in [5.74, 6) is 1.24. The molecule has 0 spiro atoms. The Morgan fingerprint density at radius 1 is 1.33 bits per heavy atom. The van der Waals surface area contributed by atoms with Gasteiger partial charge in [-0.1, -0.05) is 0 Å². The van der Waals surface area contributed by atoms with Gasteiger partial charge in [0.25, 0.3) is 0 Å². The molecular formula is C14H26Cl2N4O. The first-order valence-electron chi connectivity index (χ1n) is 7.07. The van der Waals surface area contributed by atoms with Gasteiger partial charge in [-0.3, -0.25) is 4.79 Å². The Balaban J connectivity index is 0.00000200. The molecule has 1 aromatic rings. The van der Waals surface area contributed by atoms with Crippen molar-refractivity contribution in [2.24, 2.45) is 13.0 Å². The number of aromatic nitrogens is 2. The van der Waals surface area contributed by atoms with Gasteiger partial charge in [0.05, 0.1) is 12.2 Å². The highest BCUT2D eigenvalue weighted by Gasteiger charge is 2.20. The first-order chi connectivity index (χ1) is 9.09. The summed E-state index contributed by atoms with van der Waals surface area (Å²) in [6.45, 7) is 6.54. The van der Waals surface area contributed by atoms with E-state index in [-0.39, 0.29) is 36.6 Å². The maximum atomic E-state index is 12.2. The molecule has 122 valence electrons. The standard InChI is InChI=1S/C14H24N4O.2ClH/c1-10-11(2)18(3)13(17-10)9-16-14(19)12-5-4-7-15-8-6-12;;/h12,15H,4-9H2,1-3H3,(H,16,19);2*1H. The summed E-state index contributed by atoms with van der Waals surface area (Å²) in [6.07, 6.45) is 3.00. The Bertz CT molecular complexity index is 454. The predicted octanol–water partition coefficient (Wildman–Crippen LogP) is 1.89. The summed E-state index contributed by atoms with van der Waals surface area (Å²) in [4.78, 5) is 16.6. The van der Waals surface area contributed by atoms with E-state index in [1.807, 2.05) is 25.5 Å². The maximum absolute atomic E-state index is 12.2. The van der Waals surface area contributed by atoms with Gasteiger partial charge in [-0.25, -0.2) is 4.98 Å². The Morgan fingerprint density at radius 2 is 2.05 bits per heavy atom. The van der Waals surface area contributed by atoms with E-state index in [2.05, 4.69) is 15.6 Å². The van der Waals surface area contributed by atoms with E-state index < -0.39 is 0 Å². The summed E-state index contributed by atoms with van der Waals surface area (Å²) in [5.41, 5.74) is 2.19. The zero-order valence-corrected chi connectivity index (χ0v) is 14.6. The van der Waals surface area contributed by atoms with E-state index in [9.17, 15) is 4.79 Å². The third-order valence-corrected chi connectivity index (χ3v) is 4.08. The molecular weight excluding hydrogens is 311 g/mol. The van der Waals surface area contributed by atoms with Crippen LogP contribution in [0.1, 0.15) is 36.5 Å². The first-order valence-corrected chi connectivity index (χ1v) is 7.07. The Morgan fingerprint density at radius 3 is 2.67 bits per heavy atom. The summed E-state index contributed by atoms with van der Waals surface area (Å²) in [6, 6.07) is 0. The van der Waals surface area contributed by atoms with Crippen molar-refractivity contribution in [2.75, 3.05) is 13.1 Å². The topological polar surface area (TPSA) is 59.0 Å². The number of amides is 1. The molecule has 1 aliphatic heterocycles. The summed E-state index contributed by atoms with van der Waals surface area (Å²) in [5, 5.41) is 6.36. The zero-order valence-electron chi connectivity index (χ0n) is 12.9. The molecule has 0 radical (unpaired) electrons. The lowest BCUT2D eigenvalue weighted by Gasteiger charge is -2.13. The van der Waals surface area contributed by atoms with Crippen molar-refractivity contribution in [2.45, 2.75) is 39.7 Å². The molecule has 1 atom stereocenters. The summed E-state index contributed by atoms with van der Waals surface area (Å²) >= 11 is 0. The van der Waals surface area contributed by atoms with Crippen LogP contribution in [0, 0.1) is 19.8 Å². The van der Waals surface area contributed by atoms with E-state index in [4.69, 9.17) is 0 Å². The van der Waals surface area contributed by atoms with Crippen LogP contribution in [0.25, 0.3) is 0 Å². The van der Waals surface area contributed by atoms with Crippen molar-refractivity contribution in [3.8, 4) is 0 Å². The molecule has 21 heavy (non-hydrogen) atoms. The van der Waals surface area contributed by atoms with Gasteiger partial charge in [-0.2, -0.15) is 0 Å². The second-order valence-corrected chi connectivity index (χ2v) is 5.35. The molecule has 0 aliphatic carbocycles. The number of nitrogens with one attached hydrogen (secondary N) is 2. The number of imidazole rings is 1. The van der Waals surface area contributed by atoms with Crippen LogP contribution in [0.5, 0.6) is 0 Å². The monoisotopic (exact) mass is 336 g/mol. The highest BCUT2D eigenvalue weighted by atomic mass is 35.5. The third-order valence-electron chi connectivity index (χ3n) is 4.08. The number of nitrogens with zero attached hydrogens (tertiary/aromatic N) is 2. The van der Waals surface area contributed by atoms with Crippen LogP contribution < -0.4 is 10.6 Å². The van der Waals surface area contributed by atoms with Crippen molar-refractivity contribution in [3.05, 3.63) is 17.2 Å². The quantitative estimate of drug-likeness (QED) is 0.886. The molecule has 0 aromatic carbocycles. The lowest BCUT2D eigenvalue weighted by molar-refractivity contribution is -0.125. The number of carbonyl (C=O) groups is 1. The van der Waals surface area contributed by atoms with Crippen molar-refractivity contribution >= 4 is 30.7 Å². The van der Waals surface area contributed by atoms with E-state index in [1.54, 1.807) is 0 Å². The molecule has 1 amide bonds. The highest BCUT2D eigenvalue weighted by molar-refractivity contribution is 5.85. The van der Waals surface area contributed by atoms with E-state index in [0.717, 1.165) is 49.6 Å². The van der Waals surface area contributed by atoms with Gasteiger partial charge in [0.2, 0.25) is 5.91 Å². The molecule has 5 nitrogen and oxygen atoms in total. The molecule has 0 saturated carbocycles. The van der Waals surface area contributed by atoms with E-state index in [0.29, 0.717) is 6.54 Å². The van der Waals surface area contributed by atoms with Gasteiger partial charge in [-0.15, -0.1) is 24.8 Å². The van der Waals surface area contributed by atoms with E-state index in [1.165, 1.54) is 0 Å². The van der Waals surface area contributed by atoms with Crippen molar-refractivity contribution < 1.29 is 4.79 Å². The Hall–Kier alpha value is -0.780. The average Bonchev–Trinajstić information content (AvgIpc) is 2.65. The fourth-order valence-electron chi connectivity index (χ4n) is 2.54. The van der Waals surface area contributed by atoms with Crippen molar-refractivity contribution in [1.82, 2.24) is 20.2 Å². The lowest BCUT2D eigenvalue weighted by Crippen LogP contribution is -2.31. The molecule has 1 aliphatic rings. The van der Waals surface area contributed by atoms with Crippen LogP contribution >= 0.6 is 24.8 Å². The average molecular weight is 337 g/mol. The number of hydrogen-bond donors (Lipinski definition) is 2. The molecule has 0 bridgehead atoms. The largest absolute Gasteiger partial charge is 0.349 e. The van der Waals surface area contributed by atoms with Crippen LogP contribution in [0.4, 0.5) is 0 Å². The third kappa shape index (κ3) is 5.16. The molecule has 1 unspecified atom stereocenters. The first kappa shape index (κ1) is 20.2. The fourth-order valence-corrected chi connectivity index (χ4v) is 2.54. The summed E-state index contributed by atoms with van der Waals surface area (Å²) in [7, 11) is 1.99. The predicted molar refractivity (Wildman–Crippen MR) is 89.2 cm³/mol. The van der Waals surface area contributed by atoms with Gasteiger partial charge in [0.15, 0.2) is 0 Å². The smallest absolute Gasteiger partial charge is 0.223 e. The normalized spacial score (nSPS) is 18.1. The lowest BCUT2D eigenvalue weighted by atomic mass is 10.00. The second-order valence-electron chi connectivity index (χ2n) is 5.35. The van der Waals surface area contributed by atoms with Gasteiger partial charge in [-0.05, 0) is 46.2 Å². The number of hydrogen-bond acceptors (Lipinski definition) is 3. The van der Waals surface area contributed by atoms with Crippen LogP contribution in [0.15, 0.2) is 0 Å². The fraction of sp³-hybridized carbons (Fsp3) is 0.714. The molecule has 1 saturated heterocycles. The number of halogens is 2. The van der Waals surface area contributed by atoms with Gasteiger partial charge in [0, 0.05) is 18.7 Å². The molecule has 7 heteroatoms. The number of rotatable bonds is 3. The van der Waals surface area contributed by atoms with Gasteiger partial charge in [0.1, 0.15) is 5.82 Å². The maximum Gasteiger partial charge on any atom is 0.223 e. The summed E-state index contributed by atoms with van der Waals surface area (Å²) < 4.78 is 2.05. The minimum absolute atomic E-state index is 0.